The molecule has 96 valence electrons. The second-order valence-corrected chi connectivity index (χ2v) is 4.51. The molecule has 2 nitrogen and oxygen atoms in total. The summed E-state index contributed by atoms with van der Waals surface area (Å²) in [6.07, 6.45) is -4.68. The van der Waals surface area contributed by atoms with Gasteiger partial charge in [0.15, 0.2) is 5.75 Å². The zero-order valence-electron chi connectivity index (χ0n) is 9.20. The minimum absolute atomic E-state index is 0.221. The van der Waals surface area contributed by atoms with Crippen LogP contribution >= 0.6 is 11.3 Å². The van der Waals surface area contributed by atoms with Crippen molar-refractivity contribution in [3.63, 3.8) is 0 Å². The number of halogens is 3. The van der Waals surface area contributed by atoms with E-state index in [2.05, 4.69) is 10.1 Å². The van der Waals surface area contributed by atoms with Crippen LogP contribution in [-0.2, 0) is 6.54 Å². The van der Waals surface area contributed by atoms with E-state index < -0.39 is 6.36 Å². The van der Waals surface area contributed by atoms with E-state index in [0.29, 0.717) is 12.2 Å². The van der Waals surface area contributed by atoms with E-state index >= 15 is 0 Å². The average molecular weight is 273 g/mol. The smallest absolute Gasteiger partial charge is 0.404 e. The number of benzene rings is 1. The first-order valence-electron chi connectivity index (χ1n) is 5.15. The van der Waals surface area contributed by atoms with Gasteiger partial charge in [0.25, 0.3) is 0 Å². The SMILES string of the molecule is FC(F)(F)Oc1ccccc1NCc1cccs1. The van der Waals surface area contributed by atoms with Gasteiger partial charge in [0, 0.05) is 11.4 Å². The molecule has 1 aromatic carbocycles. The molecule has 0 spiro atoms. The summed E-state index contributed by atoms with van der Waals surface area (Å²) in [4.78, 5) is 1.04. The fraction of sp³-hybridized carbons (Fsp3) is 0.167. The summed E-state index contributed by atoms with van der Waals surface area (Å²) >= 11 is 1.54. The van der Waals surface area contributed by atoms with Gasteiger partial charge in [-0.3, -0.25) is 0 Å². The van der Waals surface area contributed by atoms with Gasteiger partial charge in [-0.2, -0.15) is 0 Å². The molecule has 0 fully saturated rings. The van der Waals surface area contributed by atoms with Crippen molar-refractivity contribution in [3.05, 3.63) is 46.7 Å². The molecular formula is C12H10F3NOS. The van der Waals surface area contributed by atoms with Gasteiger partial charge < -0.3 is 10.1 Å². The van der Waals surface area contributed by atoms with Crippen molar-refractivity contribution in [2.75, 3.05) is 5.32 Å². The van der Waals surface area contributed by atoms with Crippen molar-refractivity contribution in [3.8, 4) is 5.75 Å². The van der Waals surface area contributed by atoms with E-state index in [1.54, 1.807) is 12.1 Å². The zero-order valence-corrected chi connectivity index (χ0v) is 10.0. The van der Waals surface area contributed by atoms with E-state index in [1.165, 1.54) is 23.5 Å². The van der Waals surface area contributed by atoms with Gasteiger partial charge in [0.1, 0.15) is 0 Å². The fourth-order valence-electron chi connectivity index (χ4n) is 1.42. The number of nitrogens with one attached hydrogen (secondary N) is 1. The Balaban J connectivity index is 2.07. The summed E-state index contributed by atoms with van der Waals surface area (Å²) in [6.45, 7) is 0.468. The molecule has 2 rings (SSSR count). The van der Waals surface area contributed by atoms with Crippen molar-refractivity contribution in [2.24, 2.45) is 0 Å². The molecule has 1 N–H and O–H groups in total. The molecule has 6 heteroatoms. The van der Waals surface area contributed by atoms with Crippen LogP contribution in [0.5, 0.6) is 5.75 Å². The quantitative estimate of drug-likeness (QED) is 0.898. The minimum Gasteiger partial charge on any atom is -0.404 e. The maximum absolute atomic E-state index is 12.2. The van der Waals surface area contributed by atoms with Crippen LogP contribution in [0.25, 0.3) is 0 Å². The van der Waals surface area contributed by atoms with Gasteiger partial charge >= 0.3 is 6.36 Å². The topological polar surface area (TPSA) is 21.3 Å². The molecule has 0 saturated carbocycles. The maximum Gasteiger partial charge on any atom is 0.573 e. The highest BCUT2D eigenvalue weighted by atomic mass is 32.1. The summed E-state index contributed by atoms with van der Waals surface area (Å²) in [6, 6.07) is 9.78. The summed E-state index contributed by atoms with van der Waals surface area (Å²) in [5.41, 5.74) is 0.322. The van der Waals surface area contributed by atoms with Crippen molar-refractivity contribution in [1.29, 1.82) is 0 Å². The first-order valence-corrected chi connectivity index (χ1v) is 6.03. The normalized spacial score (nSPS) is 11.3. The minimum atomic E-state index is -4.68. The van der Waals surface area contributed by atoms with Gasteiger partial charge in [0.05, 0.1) is 5.69 Å². The Morgan fingerprint density at radius 2 is 1.89 bits per heavy atom. The van der Waals surface area contributed by atoms with Crippen LogP contribution in [0, 0.1) is 0 Å². The third-order valence-corrected chi connectivity index (χ3v) is 3.02. The summed E-state index contributed by atoms with van der Waals surface area (Å²) in [5.74, 6) is -0.221. The molecule has 1 heterocycles. The second kappa shape index (κ2) is 5.30. The largest absolute Gasteiger partial charge is 0.573 e. The molecule has 0 aliphatic heterocycles. The first kappa shape index (κ1) is 12.8. The van der Waals surface area contributed by atoms with Gasteiger partial charge in [-0.05, 0) is 23.6 Å². The van der Waals surface area contributed by atoms with Gasteiger partial charge in [0.2, 0.25) is 0 Å². The molecule has 0 radical (unpaired) electrons. The van der Waals surface area contributed by atoms with Crippen LogP contribution in [0.4, 0.5) is 18.9 Å². The van der Waals surface area contributed by atoms with Crippen LogP contribution < -0.4 is 10.1 Å². The number of rotatable bonds is 4. The number of alkyl halides is 3. The van der Waals surface area contributed by atoms with Crippen LogP contribution in [0.2, 0.25) is 0 Å². The van der Waals surface area contributed by atoms with Crippen molar-refractivity contribution < 1.29 is 17.9 Å². The molecule has 0 unspecified atom stereocenters. The zero-order chi connectivity index (χ0) is 13.0. The van der Waals surface area contributed by atoms with Crippen molar-refractivity contribution >= 4 is 17.0 Å². The second-order valence-electron chi connectivity index (χ2n) is 3.48. The number of ether oxygens (including phenoxy) is 1. The molecule has 0 atom stereocenters. The predicted octanol–water partition coefficient (Wildman–Crippen LogP) is 4.26. The lowest BCUT2D eigenvalue weighted by atomic mass is 10.3. The van der Waals surface area contributed by atoms with Gasteiger partial charge in [-0.15, -0.1) is 24.5 Å². The summed E-state index contributed by atoms with van der Waals surface area (Å²) < 4.78 is 40.5. The molecule has 0 saturated heterocycles. The molecule has 1 aromatic heterocycles. The fourth-order valence-corrected chi connectivity index (χ4v) is 2.07. The van der Waals surface area contributed by atoms with Crippen LogP contribution in [0.15, 0.2) is 41.8 Å². The number of anilines is 1. The Hall–Kier alpha value is -1.69. The Morgan fingerprint density at radius 1 is 1.11 bits per heavy atom. The highest BCUT2D eigenvalue weighted by Crippen LogP contribution is 2.30. The monoisotopic (exact) mass is 273 g/mol. The number of thiophene rings is 1. The molecule has 18 heavy (non-hydrogen) atoms. The van der Waals surface area contributed by atoms with E-state index in [-0.39, 0.29) is 5.75 Å². The Bertz CT molecular complexity index is 496. The maximum atomic E-state index is 12.2. The van der Waals surface area contributed by atoms with Crippen LogP contribution in [0.3, 0.4) is 0 Å². The molecule has 0 bridgehead atoms. The Labute approximate surface area is 106 Å². The lowest BCUT2D eigenvalue weighted by Gasteiger charge is -2.13. The summed E-state index contributed by atoms with van der Waals surface area (Å²) in [5, 5.41) is 4.84. The highest BCUT2D eigenvalue weighted by molar-refractivity contribution is 7.09. The predicted molar refractivity (Wildman–Crippen MR) is 64.8 cm³/mol. The van der Waals surface area contributed by atoms with E-state index in [0.717, 1.165) is 4.88 Å². The van der Waals surface area contributed by atoms with Crippen LogP contribution in [0.1, 0.15) is 4.88 Å². The molecule has 2 aromatic rings. The molecule has 0 aliphatic carbocycles. The highest BCUT2D eigenvalue weighted by Gasteiger charge is 2.32. The van der Waals surface area contributed by atoms with Crippen LogP contribution in [-0.4, -0.2) is 6.36 Å². The van der Waals surface area contributed by atoms with Crippen molar-refractivity contribution in [2.45, 2.75) is 12.9 Å². The first-order chi connectivity index (χ1) is 8.54. The van der Waals surface area contributed by atoms with Gasteiger partial charge in [-0.25, -0.2) is 0 Å². The number of hydrogen-bond acceptors (Lipinski definition) is 3. The van der Waals surface area contributed by atoms with E-state index in [4.69, 9.17) is 0 Å². The summed E-state index contributed by atoms with van der Waals surface area (Å²) in [7, 11) is 0. The molecular weight excluding hydrogens is 263 g/mol. The third kappa shape index (κ3) is 3.66. The molecule has 0 aliphatic rings. The number of hydrogen-bond donors (Lipinski definition) is 1. The Kier molecular flexibility index (Phi) is 3.76. The third-order valence-electron chi connectivity index (χ3n) is 2.15. The number of para-hydroxylation sites is 2. The average Bonchev–Trinajstić information content (AvgIpc) is 2.79. The molecule has 0 amide bonds. The van der Waals surface area contributed by atoms with E-state index in [1.807, 2.05) is 17.5 Å². The van der Waals surface area contributed by atoms with Gasteiger partial charge in [-0.1, -0.05) is 18.2 Å². The Morgan fingerprint density at radius 3 is 2.56 bits per heavy atom. The standard InChI is InChI=1S/C12H10F3NOS/c13-12(14,15)17-11-6-2-1-5-10(11)16-8-9-4-3-7-18-9/h1-7,16H,8H2. The lowest BCUT2D eigenvalue weighted by molar-refractivity contribution is -0.274. The van der Waals surface area contributed by atoms with E-state index in [9.17, 15) is 13.2 Å². The lowest BCUT2D eigenvalue weighted by Crippen LogP contribution is -2.18. The van der Waals surface area contributed by atoms with Crippen molar-refractivity contribution in [1.82, 2.24) is 0 Å².